The fourth-order valence-corrected chi connectivity index (χ4v) is 3.27. The van der Waals surface area contributed by atoms with E-state index in [4.69, 9.17) is 9.72 Å². The first kappa shape index (κ1) is 16.4. The van der Waals surface area contributed by atoms with Crippen LogP contribution in [0.1, 0.15) is 4.88 Å². The second kappa shape index (κ2) is 6.97. The summed E-state index contributed by atoms with van der Waals surface area (Å²) in [5.41, 5.74) is 2.67. The van der Waals surface area contributed by atoms with Gasteiger partial charge >= 0.3 is 6.61 Å². The number of hydrogen-bond acceptors (Lipinski definition) is 4. The molecule has 0 fully saturated rings. The summed E-state index contributed by atoms with van der Waals surface area (Å²) >= 11 is 1.58. The summed E-state index contributed by atoms with van der Waals surface area (Å²) in [4.78, 5) is 5.74. The van der Waals surface area contributed by atoms with Gasteiger partial charge in [0.2, 0.25) is 0 Å². The molecule has 3 aromatic rings. The Labute approximate surface area is 142 Å². The lowest BCUT2D eigenvalue weighted by Crippen LogP contribution is -2.01. The maximum atomic E-state index is 12.2. The molecular weight excluding hydrogens is 332 g/mol. The molecule has 0 atom stereocenters. The smallest absolute Gasteiger partial charge is 0.387 e. The zero-order valence-electron chi connectivity index (χ0n) is 13.1. The number of aryl methyl sites for hydroxylation is 1. The number of alkyl halides is 2. The Morgan fingerprint density at radius 3 is 2.42 bits per heavy atom. The van der Waals surface area contributed by atoms with Crippen LogP contribution in [-0.2, 0) is 0 Å². The van der Waals surface area contributed by atoms with Crippen molar-refractivity contribution in [1.29, 1.82) is 0 Å². The van der Waals surface area contributed by atoms with Crippen LogP contribution >= 0.6 is 11.3 Å². The van der Waals surface area contributed by atoms with Crippen molar-refractivity contribution in [2.24, 2.45) is 0 Å². The lowest BCUT2D eigenvalue weighted by atomic mass is 10.1. The van der Waals surface area contributed by atoms with Crippen molar-refractivity contribution in [1.82, 2.24) is 4.98 Å². The zero-order valence-corrected chi connectivity index (χ0v) is 13.9. The summed E-state index contributed by atoms with van der Waals surface area (Å²) in [6.07, 6.45) is 0. The Bertz CT molecular complexity index is 831. The van der Waals surface area contributed by atoms with Crippen LogP contribution in [0, 0.1) is 6.92 Å². The third-order valence-corrected chi connectivity index (χ3v) is 4.49. The highest BCUT2D eigenvalue weighted by Gasteiger charge is 2.12. The van der Waals surface area contributed by atoms with Crippen LogP contribution < -0.4 is 9.47 Å². The standard InChI is InChI=1S/C18H15F2NO2S/c1-11-16(12-6-8-14(9-7-12)23-18(19)20)21-17(24-11)13-4-3-5-15(10-13)22-2/h3-10,18H,1-2H3. The van der Waals surface area contributed by atoms with Crippen LogP contribution in [0.4, 0.5) is 8.78 Å². The molecule has 3 rings (SSSR count). The Balaban J connectivity index is 1.91. The molecule has 0 saturated carbocycles. The first-order valence-corrected chi connectivity index (χ1v) is 8.05. The predicted octanol–water partition coefficient (Wildman–Crippen LogP) is 5.40. The monoisotopic (exact) mass is 347 g/mol. The van der Waals surface area contributed by atoms with E-state index in [-0.39, 0.29) is 5.75 Å². The van der Waals surface area contributed by atoms with Crippen molar-refractivity contribution in [2.45, 2.75) is 13.5 Å². The summed E-state index contributed by atoms with van der Waals surface area (Å²) in [6.45, 7) is -0.836. The van der Waals surface area contributed by atoms with Crippen LogP contribution in [0.15, 0.2) is 48.5 Å². The summed E-state index contributed by atoms with van der Waals surface area (Å²) in [5.74, 6) is 0.907. The van der Waals surface area contributed by atoms with E-state index >= 15 is 0 Å². The van der Waals surface area contributed by atoms with Crippen molar-refractivity contribution in [3.05, 3.63) is 53.4 Å². The molecule has 1 aromatic heterocycles. The van der Waals surface area contributed by atoms with Crippen molar-refractivity contribution >= 4 is 11.3 Å². The van der Waals surface area contributed by atoms with Gasteiger partial charge in [-0.15, -0.1) is 11.3 Å². The normalized spacial score (nSPS) is 10.9. The van der Waals surface area contributed by atoms with Crippen molar-refractivity contribution in [3.63, 3.8) is 0 Å². The Hall–Kier alpha value is -2.47. The molecule has 0 saturated heterocycles. The summed E-state index contributed by atoms with van der Waals surface area (Å²) in [5, 5.41) is 0.884. The number of aromatic nitrogens is 1. The van der Waals surface area contributed by atoms with Gasteiger partial charge < -0.3 is 9.47 Å². The predicted molar refractivity (Wildman–Crippen MR) is 90.9 cm³/mol. The highest BCUT2D eigenvalue weighted by molar-refractivity contribution is 7.15. The molecule has 24 heavy (non-hydrogen) atoms. The molecular formula is C18H15F2NO2S. The molecule has 0 bridgehead atoms. The van der Waals surface area contributed by atoms with Gasteiger partial charge in [0, 0.05) is 16.0 Å². The van der Waals surface area contributed by atoms with Crippen LogP contribution in [-0.4, -0.2) is 18.7 Å². The molecule has 6 heteroatoms. The van der Waals surface area contributed by atoms with Gasteiger partial charge in [-0.2, -0.15) is 8.78 Å². The van der Waals surface area contributed by atoms with E-state index in [0.29, 0.717) is 0 Å². The third-order valence-electron chi connectivity index (χ3n) is 3.47. The molecule has 124 valence electrons. The average Bonchev–Trinajstić information content (AvgIpc) is 2.97. The molecule has 0 spiro atoms. The van der Waals surface area contributed by atoms with Gasteiger partial charge in [-0.05, 0) is 43.3 Å². The molecule has 0 aliphatic heterocycles. The van der Waals surface area contributed by atoms with Gasteiger partial charge in [-0.25, -0.2) is 4.98 Å². The van der Waals surface area contributed by atoms with Crippen molar-refractivity contribution < 1.29 is 18.3 Å². The highest BCUT2D eigenvalue weighted by Crippen LogP contribution is 2.35. The minimum Gasteiger partial charge on any atom is -0.497 e. The highest BCUT2D eigenvalue weighted by atomic mass is 32.1. The summed E-state index contributed by atoms with van der Waals surface area (Å²) < 4.78 is 34.1. The molecule has 1 heterocycles. The second-order valence-electron chi connectivity index (χ2n) is 5.06. The Morgan fingerprint density at radius 1 is 1.00 bits per heavy atom. The number of thiazole rings is 1. The average molecular weight is 347 g/mol. The fourth-order valence-electron chi connectivity index (χ4n) is 2.34. The van der Waals surface area contributed by atoms with Crippen molar-refractivity contribution in [2.75, 3.05) is 7.11 Å². The minimum atomic E-state index is -2.82. The molecule has 0 N–H and O–H groups in total. The number of methoxy groups -OCH3 is 1. The summed E-state index contributed by atoms with van der Waals surface area (Å²) in [6, 6.07) is 14.2. The number of halogens is 2. The molecule has 0 amide bonds. The van der Waals surface area contributed by atoms with E-state index < -0.39 is 6.61 Å². The van der Waals surface area contributed by atoms with E-state index in [0.717, 1.165) is 32.5 Å². The number of rotatable bonds is 5. The van der Waals surface area contributed by atoms with Crippen LogP contribution in [0.5, 0.6) is 11.5 Å². The quantitative estimate of drug-likeness (QED) is 0.619. The zero-order chi connectivity index (χ0) is 17.1. The number of ether oxygens (including phenoxy) is 2. The molecule has 0 unspecified atom stereocenters. The topological polar surface area (TPSA) is 31.4 Å². The van der Waals surface area contributed by atoms with Gasteiger partial charge in [-0.1, -0.05) is 12.1 Å². The third kappa shape index (κ3) is 3.54. The molecule has 0 aliphatic rings. The van der Waals surface area contributed by atoms with Crippen LogP contribution in [0.25, 0.3) is 21.8 Å². The molecule has 3 nitrogen and oxygen atoms in total. The Kier molecular flexibility index (Phi) is 4.76. The number of benzene rings is 2. The number of nitrogens with zero attached hydrogens (tertiary/aromatic N) is 1. The van der Waals surface area contributed by atoms with Gasteiger partial charge in [0.1, 0.15) is 16.5 Å². The minimum absolute atomic E-state index is 0.134. The van der Waals surface area contributed by atoms with Crippen LogP contribution in [0.3, 0.4) is 0 Å². The molecule has 2 aromatic carbocycles. The van der Waals surface area contributed by atoms with Crippen molar-refractivity contribution in [3.8, 4) is 33.3 Å². The van der Waals surface area contributed by atoms with E-state index in [1.165, 1.54) is 12.1 Å². The van der Waals surface area contributed by atoms with E-state index in [9.17, 15) is 8.78 Å². The van der Waals surface area contributed by atoms with E-state index in [1.54, 1.807) is 30.6 Å². The Morgan fingerprint density at radius 2 is 1.75 bits per heavy atom. The lowest BCUT2D eigenvalue weighted by molar-refractivity contribution is -0.0498. The first-order valence-electron chi connectivity index (χ1n) is 7.24. The maximum absolute atomic E-state index is 12.2. The van der Waals surface area contributed by atoms with Crippen LogP contribution in [0.2, 0.25) is 0 Å². The van der Waals surface area contributed by atoms with Gasteiger partial charge in [0.05, 0.1) is 12.8 Å². The largest absolute Gasteiger partial charge is 0.497 e. The SMILES string of the molecule is COc1cccc(-c2nc(-c3ccc(OC(F)F)cc3)c(C)s2)c1. The second-order valence-corrected chi connectivity index (χ2v) is 6.26. The van der Waals surface area contributed by atoms with E-state index in [2.05, 4.69) is 4.74 Å². The van der Waals surface area contributed by atoms with E-state index in [1.807, 2.05) is 31.2 Å². The van der Waals surface area contributed by atoms with Gasteiger partial charge in [0.15, 0.2) is 0 Å². The molecule has 0 aliphatic carbocycles. The number of hydrogen-bond donors (Lipinski definition) is 0. The fraction of sp³-hybridized carbons (Fsp3) is 0.167. The first-order chi connectivity index (χ1) is 11.6. The lowest BCUT2D eigenvalue weighted by Gasteiger charge is -2.05. The van der Waals surface area contributed by atoms with Gasteiger partial charge in [-0.3, -0.25) is 0 Å². The maximum Gasteiger partial charge on any atom is 0.387 e. The summed E-state index contributed by atoms with van der Waals surface area (Å²) in [7, 11) is 1.63. The molecule has 0 radical (unpaired) electrons. The van der Waals surface area contributed by atoms with Gasteiger partial charge in [0.25, 0.3) is 0 Å².